The Hall–Kier alpha value is -1.92. The second kappa shape index (κ2) is 7.62. The fraction of sp³-hybridized carbons (Fsp3) is 0.214. The molecule has 1 aromatic heterocycles. The molecule has 6 heteroatoms. The molecule has 0 bridgehead atoms. The predicted octanol–water partition coefficient (Wildman–Crippen LogP) is 2.55. The molecule has 0 aliphatic heterocycles. The average molecular weight is 294 g/mol. The van der Waals surface area contributed by atoms with Gasteiger partial charge in [-0.05, 0) is 30.7 Å². The summed E-state index contributed by atoms with van der Waals surface area (Å²) in [4.78, 5) is 3.92. The molecule has 0 aliphatic carbocycles. The third kappa shape index (κ3) is 5.38. The lowest BCUT2D eigenvalue weighted by Crippen LogP contribution is -2.01. The van der Waals surface area contributed by atoms with Crippen LogP contribution in [0.4, 0.5) is 5.69 Å². The molecule has 2 rings (SSSR count). The molecule has 20 heavy (non-hydrogen) atoms. The molecule has 2 aromatic rings. The van der Waals surface area contributed by atoms with Crippen molar-refractivity contribution in [3.05, 3.63) is 54.4 Å². The highest BCUT2D eigenvalue weighted by molar-refractivity contribution is 7.86. The summed E-state index contributed by atoms with van der Waals surface area (Å²) >= 11 is 0. The van der Waals surface area contributed by atoms with Crippen LogP contribution in [0.25, 0.3) is 0 Å². The van der Waals surface area contributed by atoms with E-state index in [1.165, 1.54) is 30.3 Å². The Balaban J connectivity index is 0.000000204. The molecule has 5 nitrogen and oxygen atoms in total. The van der Waals surface area contributed by atoms with E-state index in [9.17, 15) is 8.42 Å². The minimum absolute atomic E-state index is 0.0509. The number of nitrogens with zero attached hydrogens (tertiary/aromatic N) is 1. The van der Waals surface area contributed by atoms with E-state index in [0.29, 0.717) is 0 Å². The fourth-order valence-electron chi connectivity index (χ4n) is 1.52. The van der Waals surface area contributed by atoms with Gasteiger partial charge in [-0.25, -0.2) is 0 Å². The van der Waals surface area contributed by atoms with E-state index in [-0.39, 0.29) is 10.6 Å². The summed E-state index contributed by atoms with van der Waals surface area (Å²) in [6, 6.07) is 11.7. The van der Waals surface area contributed by atoms with Gasteiger partial charge in [-0.2, -0.15) is 8.42 Å². The van der Waals surface area contributed by atoms with Crippen LogP contribution >= 0.6 is 0 Å². The third-order valence-corrected chi connectivity index (χ3v) is 3.36. The highest BCUT2D eigenvalue weighted by Gasteiger charge is 2.11. The topological polar surface area (TPSA) is 93.3 Å². The van der Waals surface area contributed by atoms with Crippen molar-refractivity contribution in [2.75, 3.05) is 5.73 Å². The highest BCUT2D eigenvalue weighted by atomic mass is 32.2. The van der Waals surface area contributed by atoms with Crippen LogP contribution in [-0.4, -0.2) is 18.0 Å². The van der Waals surface area contributed by atoms with Gasteiger partial charge in [-0.3, -0.25) is 9.54 Å². The first-order chi connectivity index (χ1) is 9.45. The molecular weight excluding hydrogens is 276 g/mol. The number of pyridine rings is 1. The van der Waals surface area contributed by atoms with E-state index in [1.807, 2.05) is 18.3 Å². The van der Waals surface area contributed by atoms with Crippen molar-refractivity contribution in [2.45, 2.75) is 24.7 Å². The van der Waals surface area contributed by atoms with Crippen LogP contribution in [0, 0.1) is 0 Å². The molecule has 1 aromatic carbocycles. The molecule has 0 saturated heterocycles. The molecule has 0 aliphatic rings. The molecule has 108 valence electrons. The molecule has 0 radical (unpaired) electrons. The second-order valence-corrected chi connectivity index (χ2v) is 5.47. The average Bonchev–Trinajstić information content (AvgIpc) is 2.40. The Morgan fingerprint density at radius 1 is 1.15 bits per heavy atom. The van der Waals surface area contributed by atoms with Crippen LogP contribution < -0.4 is 5.73 Å². The Labute approximate surface area is 119 Å². The maximum absolute atomic E-state index is 10.5. The third-order valence-electron chi connectivity index (χ3n) is 2.43. The van der Waals surface area contributed by atoms with E-state index >= 15 is 0 Å². The number of rotatable bonds is 3. The zero-order chi connectivity index (χ0) is 15.0. The van der Waals surface area contributed by atoms with E-state index in [1.54, 1.807) is 6.07 Å². The highest BCUT2D eigenvalue weighted by Crippen LogP contribution is 2.15. The van der Waals surface area contributed by atoms with Gasteiger partial charge < -0.3 is 5.73 Å². The van der Waals surface area contributed by atoms with Crippen molar-refractivity contribution in [1.29, 1.82) is 0 Å². The Kier molecular flexibility index (Phi) is 6.14. The van der Waals surface area contributed by atoms with Crippen LogP contribution in [-0.2, 0) is 16.5 Å². The van der Waals surface area contributed by atoms with Crippen LogP contribution in [0.15, 0.2) is 53.6 Å². The first-order valence-corrected chi connectivity index (χ1v) is 7.61. The lowest BCUT2D eigenvalue weighted by molar-refractivity contribution is 0.483. The molecule has 0 unspecified atom stereocenters. The standard InChI is InChI=1S/C8H11N.C6H7NO3S/c1-2-5-8-6-3-4-7-9-8;7-5-3-1-2-4-6(5)11(8,9)10/h3-4,6-7H,2,5H2,1H3;1-4H,7H2,(H,8,9,10). The monoisotopic (exact) mass is 294 g/mol. The Morgan fingerprint density at radius 3 is 2.25 bits per heavy atom. The molecule has 1 heterocycles. The summed E-state index contributed by atoms with van der Waals surface area (Å²) in [6.07, 6.45) is 4.11. The van der Waals surface area contributed by atoms with Crippen LogP contribution in [0.5, 0.6) is 0 Å². The van der Waals surface area contributed by atoms with Crippen molar-refractivity contribution >= 4 is 15.8 Å². The normalized spacial score (nSPS) is 10.5. The number of aryl methyl sites for hydroxylation is 1. The zero-order valence-corrected chi connectivity index (χ0v) is 12.0. The van der Waals surface area contributed by atoms with Gasteiger partial charge in [-0.15, -0.1) is 0 Å². The zero-order valence-electron chi connectivity index (χ0n) is 11.2. The molecule has 0 spiro atoms. The van der Waals surface area contributed by atoms with Gasteiger partial charge in [0.2, 0.25) is 0 Å². The van der Waals surface area contributed by atoms with Crippen LogP contribution in [0.2, 0.25) is 0 Å². The minimum atomic E-state index is -4.16. The summed E-state index contributed by atoms with van der Waals surface area (Å²) in [6.45, 7) is 2.16. The molecule has 0 amide bonds. The summed E-state index contributed by atoms with van der Waals surface area (Å²) in [5.74, 6) is 0. The molecule has 0 saturated carbocycles. The number of aromatic nitrogens is 1. The van der Waals surface area contributed by atoms with Gasteiger partial charge in [0.1, 0.15) is 4.90 Å². The maximum Gasteiger partial charge on any atom is 0.296 e. The number of para-hydroxylation sites is 1. The van der Waals surface area contributed by atoms with Crippen LogP contribution in [0.1, 0.15) is 19.0 Å². The number of hydrogen-bond acceptors (Lipinski definition) is 4. The quantitative estimate of drug-likeness (QED) is 0.670. The van der Waals surface area contributed by atoms with Gasteiger partial charge in [0, 0.05) is 11.9 Å². The number of nitrogen functional groups attached to an aromatic ring is 1. The summed E-state index contributed by atoms with van der Waals surface area (Å²) in [7, 11) is -4.16. The van der Waals surface area contributed by atoms with Gasteiger partial charge in [-0.1, -0.05) is 31.5 Å². The molecular formula is C14H18N2O3S. The van der Waals surface area contributed by atoms with Gasteiger partial charge in [0.15, 0.2) is 0 Å². The van der Waals surface area contributed by atoms with Gasteiger partial charge in [0.25, 0.3) is 10.1 Å². The fourth-order valence-corrected chi connectivity index (χ4v) is 2.13. The maximum atomic E-state index is 10.5. The first kappa shape index (κ1) is 16.1. The molecule has 0 atom stereocenters. The van der Waals surface area contributed by atoms with E-state index in [0.717, 1.165) is 6.42 Å². The van der Waals surface area contributed by atoms with Crippen molar-refractivity contribution < 1.29 is 13.0 Å². The van der Waals surface area contributed by atoms with E-state index < -0.39 is 10.1 Å². The molecule has 3 N–H and O–H groups in total. The second-order valence-electron chi connectivity index (χ2n) is 4.08. The SMILES string of the molecule is CCCc1ccccn1.Nc1ccccc1S(=O)(=O)O. The number of hydrogen-bond donors (Lipinski definition) is 2. The van der Waals surface area contributed by atoms with Gasteiger partial charge >= 0.3 is 0 Å². The first-order valence-electron chi connectivity index (χ1n) is 6.17. The lowest BCUT2D eigenvalue weighted by Gasteiger charge is -1.98. The predicted molar refractivity (Wildman–Crippen MR) is 78.9 cm³/mol. The summed E-state index contributed by atoms with van der Waals surface area (Å²) in [5.41, 5.74) is 6.51. The van der Waals surface area contributed by atoms with E-state index in [4.69, 9.17) is 10.3 Å². The molecule has 0 fully saturated rings. The van der Waals surface area contributed by atoms with E-state index in [2.05, 4.69) is 18.0 Å². The Bertz CT molecular complexity index is 628. The summed E-state index contributed by atoms with van der Waals surface area (Å²) < 4.78 is 29.6. The van der Waals surface area contributed by atoms with Crippen molar-refractivity contribution in [3.8, 4) is 0 Å². The minimum Gasteiger partial charge on any atom is -0.398 e. The van der Waals surface area contributed by atoms with Crippen molar-refractivity contribution in [3.63, 3.8) is 0 Å². The van der Waals surface area contributed by atoms with Crippen molar-refractivity contribution in [1.82, 2.24) is 4.98 Å². The number of nitrogens with two attached hydrogens (primary N) is 1. The Morgan fingerprint density at radius 2 is 1.80 bits per heavy atom. The van der Waals surface area contributed by atoms with Crippen LogP contribution in [0.3, 0.4) is 0 Å². The number of benzene rings is 1. The van der Waals surface area contributed by atoms with Gasteiger partial charge in [0.05, 0.1) is 5.69 Å². The smallest absolute Gasteiger partial charge is 0.296 e. The number of anilines is 1. The largest absolute Gasteiger partial charge is 0.398 e. The summed E-state index contributed by atoms with van der Waals surface area (Å²) in [5, 5.41) is 0. The van der Waals surface area contributed by atoms with Crippen molar-refractivity contribution in [2.24, 2.45) is 0 Å². The lowest BCUT2D eigenvalue weighted by atomic mass is 10.2.